The fourth-order valence-electron chi connectivity index (χ4n) is 3.26. The Labute approximate surface area is 120 Å². The van der Waals surface area contributed by atoms with Gasteiger partial charge in [-0.25, -0.2) is 4.79 Å². The first kappa shape index (κ1) is 15.1. The Morgan fingerprint density at radius 1 is 1.20 bits per heavy atom. The Hall–Kier alpha value is -1.26. The third kappa shape index (κ3) is 3.44. The maximum absolute atomic E-state index is 11.9. The van der Waals surface area contributed by atoms with Crippen LogP contribution in [0, 0.1) is 11.3 Å². The second-order valence-corrected chi connectivity index (χ2v) is 6.45. The first-order valence-corrected chi connectivity index (χ1v) is 7.81. The summed E-state index contributed by atoms with van der Waals surface area (Å²) < 4.78 is 0. The number of hydrogen-bond donors (Lipinski definition) is 3. The van der Waals surface area contributed by atoms with E-state index >= 15 is 0 Å². The van der Waals surface area contributed by atoms with Crippen LogP contribution in [0.3, 0.4) is 0 Å². The summed E-state index contributed by atoms with van der Waals surface area (Å²) in [6.45, 7) is 2.27. The molecule has 114 valence electrons. The van der Waals surface area contributed by atoms with Crippen molar-refractivity contribution in [2.75, 3.05) is 6.54 Å². The van der Waals surface area contributed by atoms with Gasteiger partial charge in [-0.3, -0.25) is 4.79 Å². The first-order valence-electron chi connectivity index (χ1n) is 7.81. The number of aliphatic carboxylic acids is 1. The van der Waals surface area contributed by atoms with Crippen molar-refractivity contribution >= 4 is 12.0 Å². The number of rotatable bonds is 5. The molecule has 0 aliphatic heterocycles. The van der Waals surface area contributed by atoms with E-state index in [1.165, 1.54) is 19.3 Å². The average Bonchev–Trinajstić information content (AvgIpc) is 2.35. The number of carboxylic acid groups (broad SMARTS) is 1. The molecular formula is C15H26N2O3. The molecule has 2 aliphatic rings. The summed E-state index contributed by atoms with van der Waals surface area (Å²) in [5.74, 6) is -0.187. The van der Waals surface area contributed by atoms with Crippen molar-refractivity contribution in [3.63, 3.8) is 0 Å². The van der Waals surface area contributed by atoms with Crippen LogP contribution in [0.25, 0.3) is 0 Å². The Morgan fingerprint density at radius 3 is 2.35 bits per heavy atom. The molecule has 2 rings (SSSR count). The molecule has 2 fully saturated rings. The van der Waals surface area contributed by atoms with E-state index in [-0.39, 0.29) is 18.6 Å². The first-order chi connectivity index (χ1) is 9.53. The normalized spacial score (nSPS) is 23.4. The van der Waals surface area contributed by atoms with Crippen molar-refractivity contribution in [2.45, 2.75) is 64.3 Å². The molecule has 2 saturated carbocycles. The van der Waals surface area contributed by atoms with Crippen LogP contribution in [-0.2, 0) is 4.79 Å². The highest BCUT2D eigenvalue weighted by Gasteiger charge is 2.39. The summed E-state index contributed by atoms with van der Waals surface area (Å²) in [7, 11) is 0. The zero-order chi connectivity index (χ0) is 14.6. The van der Waals surface area contributed by atoms with Crippen molar-refractivity contribution in [1.29, 1.82) is 0 Å². The monoisotopic (exact) mass is 282 g/mol. The zero-order valence-corrected chi connectivity index (χ0v) is 12.3. The zero-order valence-electron chi connectivity index (χ0n) is 12.3. The summed E-state index contributed by atoms with van der Waals surface area (Å²) in [5, 5.41) is 15.2. The smallest absolute Gasteiger partial charge is 0.315 e. The molecule has 1 atom stereocenters. The highest BCUT2D eigenvalue weighted by molar-refractivity contribution is 5.78. The Balaban J connectivity index is 1.79. The molecule has 0 spiro atoms. The van der Waals surface area contributed by atoms with E-state index in [2.05, 4.69) is 10.6 Å². The lowest BCUT2D eigenvalue weighted by atomic mass is 9.74. The van der Waals surface area contributed by atoms with E-state index in [1.54, 1.807) is 0 Å². The van der Waals surface area contributed by atoms with E-state index in [0.29, 0.717) is 18.8 Å². The Bertz CT molecular complexity index is 360. The molecule has 5 nitrogen and oxygen atoms in total. The second kappa shape index (κ2) is 6.46. The van der Waals surface area contributed by atoms with Gasteiger partial charge in [-0.05, 0) is 38.5 Å². The van der Waals surface area contributed by atoms with E-state index in [4.69, 9.17) is 0 Å². The molecule has 0 aromatic carbocycles. The SMILES string of the molecule is CC(NC(=O)NCC1(C(=O)O)CCCCC1)C1CCC1. The van der Waals surface area contributed by atoms with Gasteiger partial charge < -0.3 is 15.7 Å². The van der Waals surface area contributed by atoms with Gasteiger partial charge in [0.1, 0.15) is 0 Å². The van der Waals surface area contributed by atoms with Gasteiger partial charge in [-0.1, -0.05) is 25.7 Å². The topological polar surface area (TPSA) is 78.4 Å². The van der Waals surface area contributed by atoms with Crippen LogP contribution in [0.2, 0.25) is 0 Å². The van der Waals surface area contributed by atoms with Gasteiger partial charge in [0.25, 0.3) is 0 Å². The number of hydrogen-bond acceptors (Lipinski definition) is 2. The number of urea groups is 1. The van der Waals surface area contributed by atoms with E-state index in [9.17, 15) is 14.7 Å². The predicted molar refractivity (Wildman–Crippen MR) is 76.5 cm³/mol. The molecule has 0 aromatic rings. The van der Waals surface area contributed by atoms with Crippen molar-refractivity contribution in [2.24, 2.45) is 11.3 Å². The second-order valence-electron chi connectivity index (χ2n) is 6.45. The number of carboxylic acids is 1. The number of carbonyl (C=O) groups excluding carboxylic acids is 1. The van der Waals surface area contributed by atoms with Crippen LogP contribution in [0.4, 0.5) is 4.79 Å². The lowest BCUT2D eigenvalue weighted by molar-refractivity contribution is -0.150. The summed E-state index contributed by atoms with van der Waals surface area (Å²) in [6.07, 6.45) is 7.92. The molecule has 1 unspecified atom stereocenters. The van der Waals surface area contributed by atoms with Crippen LogP contribution in [0.5, 0.6) is 0 Å². The minimum atomic E-state index is -0.774. The maximum atomic E-state index is 11.9. The van der Waals surface area contributed by atoms with Crippen LogP contribution in [0.1, 0.15) is 58.3 Å². The van der Waals surface area contributed by atoms with Crippen LogP contribution in [0.15, 0.2) is 0 Å². The maximum Gasteiger partial charge on any atom is 0.315 e. The molecular weight excluding hydrogens is 256 g/mol. The highest BCUT2D eigenvalue weighted by atomic mass is 16.4. The fraction of sp³-hybridized carbons (Fsp3) is 0.867. The molecule has 3 N–H and O–H groups in total. The number of nitrogens with one attached hydrogen (secondary N) is 2. The molecule has 0 saturated heterocycles. The van der Waals surface area contributed by atoms with Crippen molar-refractivity contribution in [1.82, 2.24) is 10.6 Å². The van der Waals surface area contributed by atoms with Crippen molar-refractivity contribution in [3.05, 3.63) is 0 Å². The van der Waals surface area contributed by atoms with Crippen molar-refractivity contribution < 1.29 is 14.7 Å². The fourth-order valence-corrected chi connectivity index (χ4v) is 3.26. The van der Waals surface area contributed by atoms with Gasteiger partial charge in [-0.15, -0.1) is 0 Å². The summed E-state index contributed by atoms with van der Waals surface area (Å²) in [6, 6.07) is -0.0496. The van der Waals surface area contributed by atoms with E-state index in [1.807, 2.05) is 6.92 Å². The van der Waals surface area contributed by atoms with Gasteiger partial charge in [0.2, 0.25) is 0 Å². The quantitative estimate of drug-likeness (QED) is 0.725. The Morgan fingerprint density at radius 2 is 1.85 bits per heavy atom. The lowest BCUT2D eigenvalue weighted by Crippen LogP contribution is -2.50. The van der Waals surface area contributed by atoms with Gasteiger partial charge >= 0.3 is 12.0 Å². The summed E-state index contributed by atoms with van der Waals surface area (Å²) in [4.78, 5) is 23.4. The van der Waals surface area contributed by atoms with Gasteiger partial charge in [0.05, 0.1) is 5.41 Å². The minimum Gasteiger partial charge on any atom is -0.481 e. The van der Waals surface area contributed by atoms with E-state index < -0.39 is 11.4 Å². The lowest BCUT2D eigenvalue weighted by Gasteiger charge is -2.34. The van der Waals surface area contributed by atoms with Gasteiger partial charge in [0.15, 0.2) is 0 Å². The molecule has 0 radical (unpaired) electrons. The third-order valence-corrected chi connectivity index (χ3v) is 5.07. The molecule has 5 heteroatoms. The minimum absolute atomic E-state index is 0.177. The number of carbonyl (C=O) groups is 2. The molecule has 0 bridgehead atoms. The van der Waals surface area contributed by atoms with Gasteiger partial charge in [0, 0.05) is 12.6 Å². The molecule has 2 amide bonds. The number of amides is 2. The molecule has 20 heavy (non-hydrogen) atoms. The van der Waals surface area contributed by atoms with Crippen LogP contribution >= 0.6 is 0 Å². The Kier molecular flexibility index (Phi) is 4.89. The standard InChI is InChI=1S/C15H26N2O3/c1-11(12-6-5-7-12)17-14(20)16-10-15(13(18)19)8-3-2-4-9-15/h11-12H,2-10H2,1H3,(H,18,19)(H2,16,17,20). The highest BCUT2D eigenvalue weighted by Crippen LogP contribution is 2.36. The average molecular weight is 282 g/mol. The molecule has 2 aliphatic carbocycles. The predicted octanol–water partition coefficient (Wildman–Crippen LogP) is 2.51. The molecule has 0 heterocycles. The van der Waals surface area contributed by atoms with Gasteiger partial charge in [-0.2, -0.15) is 0 Å². The largest absolute Gasteiger partial charge is 0.481 e. The third-order valence-electron chi connectivity index (χ3n) is 5.07. The summed E-state index contributed by atoms with van der Waals surface area (Å²) in [5.41, 5.74) is -0.755. The van der Waals surface area contributed by atoms with Crippen molar-refractivity contribution in [3.8, 4) is 0 Å². The van der Waals surface area contributed by atoms with Crippen LogP contribution in [-0.4, -0.2) is 29.7 Å². The summed E-state index contributed by atoms with van der Waals surface area (Å²) >= 11 is 0. The molecule has 0 aromatic heterocycles. The van der Waals surface area contributed by atoms with E-state index in [0.717, 1.165) is 19.3 Å². The van der Waals surface area contributed by atoms with Crippen LogP contribution < -0.4 is 10.6 Å².